The van der Waals surface area contributed by atoms with E-state index in [0.29, 0.717) is 0 Å². The average Bonchev–Trinajstić information content (AvgIpc) is 2.42. The Morgan fingerprint density at radius 3 is 2.72 bits per heavy atom. The number of nitrogens with zero attached hydrogens (tertiary/aromatic N) is 1. The Morgan fingerprint density at radius 2 is 1.94 bits per heavy atom. The standard InChI is InChI=1S/C16H18NO/c1-2-3-5-11-15-16(12-8-13-17-15)18-14-9-6-4-7-10-14/h4,6-13H,2-3,5H2,1H3. The van der Waals surface area contributed by atoms with Crippen LogP contribution in [-0.2, 0) is 0 Å². The van der Waals surface area contributed by atoms with Gasteiger partial charge in [-0.1, -0.05) is 38.0 Å². The monoisotopic (exact) mass is 240 g/mol. The Bertz CT molecular complexity index is 468. The van der Waals surface area contributed by atoms with Crippen molar-refractivity contribution in [2.45, 2.75) is 26.2 Å². The number of benzene rings is 1. The van der Waals surface area contributed by atoms with Crippen molar-refractivity contribution in [2.75, 3.05) is 0 Å². The molecule has 1 aromatic heterocycles. The van der Waals surface area contributed by atoms with E-state index in [0.717, 1.165) is 23.6 Å². The van der Waals surface area contributed by atoms with Crippen LogP contribution in [0.5, 0.6) is 11.5 Å². The van der Waals surface area contributed by atoms with Crippen LogP contribution < -0.4 is 4.74 Å². The van der Waals surface area contributed by atoms with Gasteiger partial charge in [-0.25, -0.2) is 0 Å². The molecule has 2 aromatic rings. The molecule has 18 heavy (non-hydrogen) atoms. The summed E-state index contributed by atoms with van der Waals surface area (Å²) in [6.45, 7) is 2.19. The normalized spacial score (nSPS) is 10.3. The summed E-state index contributed by atoms with van der Waals surface area (Å²) < 4.78 is 5.85. The molecule has 0 fully saturated rings. The van der Waals surface area contributed by atoms with Crippen LogP contribution in [0.1, 0.15) is 31.9 Å². The van der Waals surface area contributed by atoms with Crippen LogP contribution in [0.4, 0.5) is 0 Å². The van der Waals surface area contributed by atoms with Gasteiger partial charge in [-0.05, 0) is 30.7 Å². The van der Waals surface area contributed by atoms with Gasteiger partial charge in [0.1, 0.15) is 11.5 Å². The van der Waals surface area contributed by atoms with Crippen LogP contribution in [0.2, 0.25) is 0 Å². The highest BCUT2D eigenvalue weighted by atomic mass is 16.5. The number of rotatable bonds is 6. The van der Waals surface area contributed by atoms with Crippen molar-refractivity contribution < 1.29 is 4.74 Å². The fraction of sp³-hybridized carbons (Fsp3) is 0.250. The first-order valence-electron chi connectivity index (χ1n) is 6.41. The van der Waals surface area contributed by atoms with Crippen LogP contribution >= 0.6 is 0 Å². The van der Waals surface area contributed by atoms with Crippen LogP contribution in [0, 0.1) is 6.42 Å². The van der Waals surface area contributed by atoms with Gasteiger partial charge in [0.15, 0.2) is 0 Å². The summed E-state index contributed by atoms with van der Waals surface area (Å²) in [5.41, 5.74) is 0.926. The van der Waals surface area contributed by atoms with E-state index in [1.54, 1.807) is 6.20 Å². The molecule has 1 heterocycles. The zero-order valence-electron chi connectivity index (χ0n) is 10.7. The van der Waals surface area contributed by atoms with E-state index >= 15 is 0 Å². The second kappa shape index (κ2) is 6.80. The number of pyridine rings is 1. The highest BCUT2D eigenvalue weighted by molar-refractivity contribution is 5.36. The molecule has 0 saturated carbocycles. The van der Waals surface area contributed by atoms with E-state index in [9.17, 15) is 0 Å². The Kier molecular flexibility index (Phi) is 4.77. The van der Waals surface area contributed by atoms with Crippen molar-refractivity contribution in [3.8, 4) is 11.5 Å². The van der Waals surface area contributed by atoms with Gasteiger partial charge >= 0.3 is 0 Å². The maximum absolute atomic E-state index is 5.85. The van der Waals surface area contributed by atoms with E-state index < -0.39 is 0 Å². The van der Waals surface area contributed by atoms with Gasteiger partial charge in [-0.3, -0.25) is 4.98 Å². The lowest BCUT2D eigenvalue weighted by Gasteiger charge is -2.09. The van der Waals surface area contributed by atoms with Crippen molar-refractivity contribution in [3.63, 3.8) is 0 Å². The molecule has 0 aliphatic heterocycles. The molecule has 0 N–H and O–H groups in total. The molecule has 0 atom stereocenters. The molecular formula is C16H18NO. The first-order chi connectivity index (χ1) is 8.90. The molecule has 0 unspecified atom stereocenters. The van der Waals surface area contributed by atoms with Gasteiger partial charge in [0.2, 0.25) is 0 Å². The van der Waals surface area contributed by atoms with Crippen LogP contribution in [0.25, 0.3) is 0 Å². The third-order valence-corrected chi connectivity index (χ3v) is 2.67. The summed E-state index contributed by atoms with van der Waals surface area (Å²) in [6.07, 6.45) is 7.36. The third kappa shape index (κ3) is 3.59. The molecule has 0 saturated heterocycles. The summed E-state index contributed by atoms with van der Waals surface area (Å²) in [5, 5.41) is 0. The lowest BCUT2D eigenvalue weighted by atomic mass is 10.1. The van der Waals surface area contributed by atoms with E-state index in [4.69, 9.17) is 4.74 Å². The highest BCUT2D eigenvalue weighted by Gasteiger charge is 2.05. The zero-order chi connectivity index (χ0) is 12.6. The number of aromatic nitrogens is 1. The number of hydrogen-bond acceptors (Lipinski definition) is 2. The first kappa shape index (κ1) is 12.6. The Balaban J connectivity index is 2.07. The minimum absolute atomic E-state index is 0.819. The minimum Gasteiger partial charge on any atom is -0.455 e. The zero-order valence-corrected chi connectivity index (χ0v) is 10.7. The molecule has 2 heteroatoms. The van der Waals surface area contributed by atoms with Gasteiger partial charge in [-0.2, -0.15) is 0 Å². The fourth-order valence-corrected chi connectivity index (χ4v) is 1.70. The average molecular weight is 240 g/mol. The van der Waals surface area contributed by atoms with Crippen molar-refractivity contribution in [1.82, 2.24) is 4.98 Å². The van der Waals surface area contributed by atoms with Crippen molar-refractivity contribution >= 4 is 0 Å². The van der Waals surface area contributed by atoms with Crippen LogP contribution in [0.15, 0.2) is 48.7 Å². The predicted molar refractivity (Wildman–Crippen MR) is 73.7 cm³/mol. The van der Waals surface area contributed by atoms with Crippen LogP contribution in [-0.4, -0.2) is 4.98 Å². The first-order valence-corrected chi connectivity index (χ1v) is 6.41. The molecule has 93 valence electrons. The van der Waals surface area contributed by atoms with Crippen LogP contribution in [0.3, 0.4) is 0 Å². The summed E-state index contributed by atoms with van der Waals surface area (Å²) >= 11 is 0. The summed E-state index contributed by atoms with van der Waals surface area (Å²) in [4.78, 5) is 4.37. The van der Waals surface area contributed by atoms with E-state index in [1.165, 1.54) is 12.8 Å². The molecule has 0 aliphatic carbocycles. The van der Waals surface area contributed by atoms with Gasteiger partial charge in [0.25, 0.3) is 0 Å². The Hall–Kier alpha value is -1.83. The fourth-order valence-electron chi connectivity index (χ4n) is 1.70. The summed E-state index contributed by atoms with van der Waals surface area (Å²) in [7, 11) is 0. The Morgan fingerprint density at radius 1 is 1.11 bits per heavy atom. The smallest absolute Gasteiger partial charge is 0.149 e. The second-order valence-electron chi connectivity index (χ2n) is 4.15. The number of para-hydroxylation sites is 1. The minimum atomic E-state index is 0.819. The maximum atomic E-state index is 5.85. The Labute approximate surface area is 109 Å². The molecule has 2 nitrogen and oxygen atoms in total. The molecule has 0 amide bonds. The molecule has 0 bridgehead atoms. The number of unbranched alkanes of at least 4 members (excludes halogenated alkanes) is 2. The highest BCUT2D eigenvalue weighted by Crippen LogP contribution is 2.25. The molecule has 1 radical (unpaired) electrons. The third-order valence-electron chi connectivity index (χ3n) is 2.67. The number of ether oxygens (including phenoxy) is 1. The number of hydrogen-bond donors (Lipinski definition) is 0. The summed E-state index contributed by atoms with van der Waals surface area (Å²) in [6, 6.07) is 13.7. The lowest BCUT2D eigenvalue weighted by molar-refractivity contribution is 0.476. The molecule has 0 aliphatic rings. The topological polar surface area (TPSA) is 22.1 Å². The van der Waals surface area contributed by atoms with E-state index in [-0.39, 0.29) is 0 Å². The van der Waals surface area contributed by atoms with Crippen molar-refractivity contribution in [1.29, 1.82) is 0 Å². The largest absolute Gasteiger partial charge is 0.455 e. The molecule has 2 rings (SSSR count). The van der Waals surface area contributed by atoms with Gasteiger partial charge in [0, 0.05) is 12.6 Å². The van der Waals surface area contributed by atoms with E-state index in [1.807, 2.05) is 42.5 Å². The quantitative estimate of drug-likeness (QED) is 0.687. The molecule has 0 spiro atoms. The SMILES string of the molecule is CCCC[CH]c1ncccc1Oc1ccccc1. The predicted octanol–water partition coefficient (Wildman–Crippen LogP) is 4.62. The van der Waals surface area contributed by atoms with Crippen molar-refractivity contribution in [2.24, 2.45) is 0 Å². The van der Waals surface area contributed by atoms with Gasteiger partial charge < -0.3 is 4.74 Å². The van der Waals surface area contributed by atoms with E-state index in [2.05, 4.69) is 18.3 Å². The molecular weight excluding hydrogens is 222 g/mol. The molecule has 1 aromatic carbocycles. The lowest BCUT2D eigenvalue weighted by Crippen LogP contribution is -1.93. The summed E-state index contributed by atoms with van der Waals surface area (Å²) in [5.74, 6) is 1.66. The maximum Gasteiger partial charge on any atom is 0.149 e. The van der Waals surface area contributed by atoms with Gasteiger partial charge in [0.05, 0.1) is 5.69 Å². The second-order valence-corrected chi connectivity index (χ2v) is 4.15. The van der Waals surface area contributed by atoms with Gasteiger partial charge in [-0.15, -0.1) is 0 Å². The van der Waals surface area contributed by atoms with Crippen molar-refractivity contribution in [3.05, 3.63) is 60.8 Å².